The number of carbonyl (C=O) groups is 1. The number of hydrogen-bond donors (Lipinski definition) is 0. The molecule has 1 saturated heterocycles. The topological polar surface area (TPSA) is 60.0 Å². The number of aromatic nitrogens is 1. The fourth-order valence-corrected chi connectivity index (χ4v) is 6.32. The Morgan fingerprint density at radius 3 is 2.47 bits per heavy atom. The minimum absolute atomic E-state index is 0.108. The van der Waals surface area contributed by atoms with Gasteiger partial charge in [0.2, 0.25) is 0 Å². The average Bonchev–Trinajstić information content (AvgIpc) is 3.69. The van der Waals surface area contributed by atoms with Crippen LogP contribution in [0.3, 0.4) is 0 Å². The van der Waals surface area contributed by atoms with E-state index in [0.717, 1.165) is 39.6 Å². The van der Waals surface area contributed by atoms with Crippen LogP contribution in [0.4, 0.5) is 5.69 Å². The molecule has 1 aliphatic heterocycles. The number of thioether (sulfide) groups is 1. The number of ether oxygens (including phenoxy) is 1. The Hall–Kier alpha value is -4.17. The van der Waals surface area contributed by atoms with Crippen molar-refractivity contribution in [2.24, 2.45) is 4.99 Å². The van der Waals surface area contributed by atoms with Crippen LogP contribution < -0.4 is 4.74 Å². The molecule has 1 amide bonds. The second-order valence-corrected chi connectivity index (χ2v) is 11.8. The number of amides is 1. The summed E-state index contributed by atoms with van der Waals surface area (Å²) in [5.74, 6) is 1.32. The Bertz CT molecular complexity index is 1830. The van der Waals surface area contributed by atoms with Crippen molar-refractivity contribution >= 4 is 57.8 Å². The van der Waals surface area contributed by atoms with Crippen LogP contribution in [-0.2, 0) is 17.9 Å². The van der Waals surface area contributed by atoms with Gasteiger partial charge in [-0.3, -0.25) is 9.69 Å². The molecule has 0 unspecified atom stereocenters. The molecule has 9 heteroatoms. The Morgan fingerprint density at radius 2 is 1.74 bits per heavy atom. The molecule has 216 valence electrons. The van der Waals surface area contributed by atoms with Crippen LogP contribution in [-0.4, -0.2) is 20.5 Å². The van der Waals surface area contributed by atoms with Crippen molar-refractivity contribution in [1.29, 1.82) is 0 Å². The van der Waals surface area contributed by atoms with E-state index in [0.29, 0.717) is 39.0 Å². The molecule has 0 spiro atoms. The van der Waals surface area contributed by atoms with Crippen molar-refractivity contribution in [3.8, 4) is 11.4 Å². The maximum atomic E-state index is 13.6. The first-order valence-corrected chi connectivity index (χ1v) is 15.2. The molecule has 1 fully saturated rings. The monoisotopic (exact) mass is 627 g/mol. The first-order chi connectivity index (χ1) is 20.9. The van der Waals surface area contributed by atoms with Gasteiger partial charge in [0.25, 0.3) is 5.91 Å². The van der Waals surface area contributed by atoms with Crippen molar-refractivity contribution in [3.05, 3.63) is 140 Å². The van der Waals surface area contributed by atoms with E-state index in [2.05, 4.69) is 24.5 Å². The molecule has 6 rings (SSSR count). The molecule has 0 N–H and O–H groups in total. The molecular weight excluding hydrogens is 601 g/mol. The molecule has 0 aliphatic carbocycles. The van der Waals surface area contributed by atoms with Gasteiger partial charge in [-0.1, -0.05) is 47.5 Å². The van der Waals surface area contributed by atoms with Crippen LogP contribution in [0, 0.1) is 13.8 Å². The van der Waals surface area contributed by atoms with E-state index in [-0.39, 0.29) is 5.91 Å². The molecule has 2 aromatic heterocycles. The third-order valence-corrected chi connectivity index (χ3v) is 8.62. The van der Waals surface area contributed by atoms with Gasteiger partial charge in [-0.05, 0) is 104 Å². The van der Waals surface area contributed by atoms with Gasteiger partial charge in [0.05, 0.1) is 23.4 Å². The van der Waals surface area contributed by atoms with E-state index >= 15 is 0 Å². The zero-order chi connectivity index (χ0) is 29.9. The molecule has 0 atom stereocenters. The van der Waals surface area contributed by atoms with E-state index in [4.69, 9.17) is 37.3 Å². The molecule has 0 bridgehead atoms. The fourth-order valence-electron chi connectivity index (χ4n) is 4.87. The number of halogens is 2. The van der Waals surface area contributed by atoms with Crippen LogP contribution in [0.5, 0.6) is 5.75 Å². The molecule has 0 saturated carbocycles. The number of rotatable bonds is 8. The molecular formula is C34H27Cl2N3O3S. The van der Waals surface area contributed by atoms with Crippen molar-refractivity contribution in [2.45, 2.75) is 27.0 Å². The fraction of sp³-hybridized carbons (Fsp3) is 0.118. The predicted octanol–water partition coefficient (Wildman–Crippen LogP) is 9.38. The summed E-state index contributed by atoms with van der Waals surface area (Å²) in [6.07, 6.45) is 3.55. The summed E-state index contributed by atoms with van der Waals surface area (Å²) in [5.41, 5.74) is 5.67. The smallest absolute Gasteiger partial charge is 0.267 e. The molecule has 3 heterocycles. The van der Waals surface area contributed by atoms with Crippen LogP contribution >= 0.6 is 35.0 Å². The minimum Gasteiger partial charge on any atom is -0.489 e. The van der Waals surface area contributed by atoms with E-state index in [1.54, 1.807) is 23.3 Å². The molecule has 43 heavy (non-hydrogen) atoms. The predicted molar refractivity (Wildman–Crippen MR) is 174 cm³/mol. The highest BCUT2D eigenvalue weighted by molar-refractivity contribution is 8.18. The maximum Gasteiger partial charge on any atom is 0.267 e. The summed E-state index contributed by atoms with van der Waals surface area (Å²) in [7, 11) is 0. The number of nitrogens with zero attached hydrogens (tertiary/aromatic N) is 3. The van der Waals surface area contributed by atoms with Crippen molar-refractivity contribution < 1.29 is 13.9 Å². The number of para-hydroxylation sites is 1. The lowest BCUT2D eigenvalue weighted by atomic mass is 10.2. The summed E-state index contributed by atoms with van der Waals surface area (Å²) in [4.78, 5) is 20.7. The Balaban J connectivity index is 1.24. The standard InChI is InChI=1S/C34H27Cl2N3O3S/c1-22-17-25(23(2)39(22)28-12-14-29(15-13-28)42-21-24-10-11-26(35)19-31(24)36)18-32-33(40)38(20-30-9-6-16-41-30)34(43-32)37-27-7-4-3-5-8-27/h3-19H,20-21H2,1-2H3/b32-18-,37-34?. The van der Waals surface area contributed by atoms with Crippen molar-refractivity contribution in [2.75, 3.05) is 0 Å². The quantitative estimate of drug-likeness (QED) is 0.161. The lowest BCUT2D eigenvalue weighted by Gasteiger charge is -2.13. The van der Waals surface area contributed by atoms with E-state index in [1.165, 1.54) is 11.8 Å². The maximum absolute atomic E-state index is 13.6. The van der Waals surface area contributed by atoms with Gasteiger partial charge in [-0.2, -0.15) is 0 Å². The summed E-state index contributed by atoms with van der Waals surface area (Å²) >= 11 is 13.7. The lowest BCUT2D eigenvalue weighted by molar-refractivity contribution is -0.122. The minimum atomic E-state index is -0.108. The highest BCUT2D eigenvalue weighted by atomic mass is 35.5. The number of hydrogen-bond acceptors (Lipinski definition) is 5. The van der Waals surface area contributed by atoms with Crippen LogP contribution in [0.1, 0.15) is 28.3 Å². The van der Waals surface area contributed by atoms with E-state index in [9.17, 15) is 4.79 Å². The molecule has 1 aliphatic rings. The van der Waals surface area contributed by atoms with Gasteiger partial charge >= 0.3 is 0 Å². The first kappa shape index (κ1) is 28.9. The number of carbonyl (C=O) groups excluding carboxylic acids is 1. The second-order valence-electron chi connectivity index (χ2n) is 9.99. The molecule has 5 aromatic rings. The van der Waals surface area contributed by atoms with Gasteiger partial charge in [0.15, 0.2) is 5.17 Å². The van der Waals surface area contributed by atoms with Gasteiger partial charge in [0.1, 0.15) is 18.1 Å². The number of amidine groups is 1. The van der Waals surface area contributed by atoms with E-state index < -0.39 is 0 Å². The average molecular weight is 629 g/mol. The molecule has 0 radical (unpaired) electrons. The third-order valence-electron chi connectivity index (χ3n) is 7.02. The Kier molecular flexibility index (Phi) is 8.47. The summed E-state index contributed by atoms with van der Waals surface area (Å²) in [5, 5.41) is 1.78. The van der Waals surface area contributed by atoms with Gasteiger partial charge in [-0.25, -0.2) is 4.99 Å². The third kappa shape index (κ3) is 6.44. The summed E-state index contributed by atoms with van der Waals surface area (Å²) < 4.78 is 13.7. The largest absolute Gasteiger partial charge is 0.489 e. The zero-order valence-electron chi connectivity index (χ0n) is 23.5. The zero-order valence-corrected chi connectivity index (χ0v) is 25.8. The number of furan rings is 1. The van der Waals surface area contributed by atoms with Crippen molar-refractivity contribution in [1.82, 2.24) is 9.47 Å². The summed E-state index contributed by atoms with van der Waals surface area (Å²) in [6.45, 7) is 4.75. The van der Waals surface area contributed by atoms with Crippen LogP contribution in [0.15, 0.2) is 112 Å². The number of aryl methyl sites for hydroxylation is 1. The number of aliphatic imine (C=N–C) groups is 1. The van der Waals surface area contributed by atoms with Gasteiger partial charge in [0, 0.05) is 32.7 Å². The Morgan fingerprint density at radius 1 is 0.953 bits per heavy atom. The normalized spacial score (nSPS) is 15.2. The van der Waals surface area contributed by atoms with E-state index in [1.807, 2.05) is 78.9 Å². The highest BCUT2D eigenvalue weighted by Crippen LogP contribution is 2.36. The highest BCUT2D eigenvalue weighted by Gasteiger charge is 2.34. The molecule has 3 aromatic carbocycles. The van der Waals surface area contributed by atoms with Gasteiger partial charge < -0.3 is 13.7 Å². The van der Waals surface area contributed by atoms with Crippen LogP contribution in [0.2, 0.25) is 10.0 Å². The SMILES string of the molecule is Cc1cc(/C=C2\SC(=Nc3ccccc3)N(Cc3ccco3)C2=O)c(C)n1-c1ccc(OCc2ccc(Cl)cc2Cl)cc1. The second kappa shape index (κ2) is 12.6. The number of benzene rings is 3. The molecule has 6 nitrogen and oxygen atoms in total. The van der Waals surface area contributed by atoms with Gasteiger partial charge in [-0.15, -0.1) is 0 Å². The lowest BCUT2D eigenvalue weighted by Crippen LogP contribution is -2.28. The van der Waals surface area contributed by atoms with Crippen LogP contribution in [0.25, 0.3) is 11.8 Å². The Labute approximate surface area is 264 Å². The summed E-state index contributed by atoms with van der Waals surface area (Å²) in [6, 6.07) is 28.7. The van der Waals surface area contributed by atoms with Crippen molar-refractivity contribution in [3.63, 3.8) is 0 Å². The first-order valence-electron chi connectivity index (χ1n) is 13.6.